The van der Waals surface area contributed by atoms with Gasteiger partial charge in [0.05, 0.1) is 23.4 Å². The molecule has 0 spiro atoms. The summed E-state index contributed by atoms with van der Waals surface area (Å²) in [6.45, 7) is 6.66. The van der Waals surface area contributed by atoms with Crippen molar-refractivity contribution < 1.29 is 19.7 Å². The van der Waals surface area contributed by atoms with E-state index in [0.717, 1.165) is 11.3 Å². The van der Waals surface area contributed by atoms with Gasteiger partial charge in [-0.25, -0.2) is 0 Å². The third-order valence-electron chi connectivity index (χ3n) is 6.79. The number of aromatic nitrogens is 1. The Morgan fingerprint density at radius 2 is 1.92 bits per heavy atom. The number of hydrogen-bond acceptors (Lipinski definition) is 7. The van der Waals surface area contributed by atoms with E-state index in [4.69, 9.17) is 33.0 Å². The number of hydrogen-bond donors (Lipinski definition) is 3. The zero-order chi connectivity index (χ0) is 28.0. The van der Waals surface area contributed by atoms with Crippen LogP contribution in [-0.2, 0) is 5.60 Å². The molecule has 1 fully saturated rings. The van der Waals surface area contributed by atoms with E-state index in [1.807, 2.05) is 43.3 Å². The molecule has 208 valence electrons. The first-order valence-electron chi connectivity index (χ1n) is 13.0. The molecule has 0 radical (unpaired) electrons. The third kappa shape index (κ3) is 7.21. The Kier molecular flexibility index (Phi) is 9.69. The number of piperazine rings is 1. The van der Waals surface area contributed by atoms with Crippen molar-refractivity contribution in [2.75, 3.05) is 50.8 Å². The van der Waals surface area contributed by atoms with Crippen molar-refractivity contribution in [2.45, 2.75) is 25.5 Å². The lowest BCUT2D eigenvalue weighted by Crippen LogP contribution is -2.52. The molecule has 1 aliphatic rings. The van der Waals surface area contributed by atoms with Crippen LogP contribution in [-0.4, -0.2) is 71.9 Å². The Bertz CT molecular complexity index is 1260. The van der Waals surface area contributed by atoms with Gasteiger partial charge in [-0.1, -0.05) is 41.4 Å². The van der Waals surface area contributed by atoms with E-state index in [0.29, 0.717) is 59.8 Å². The Hall–Kier alpha value is -2.88. The summed E-state index contributed by atoms with van der Waals surface area (Å²) in [5.41, 5.74) is 1.74. The van der Waals surface area contributed by atoms with Crippen molar-refractivity contribution in [3.63, 3.8) is 0 Å². The van der Waals surface area contributed by atoms with Gasteiger partial charge in [-0.2, -0.15) is 0 Å². The molecule has 1 aliphatic heterocycles. The van der Waals surface area contributed by atoms with Gasteiger partial charge in [-0.3, -0.25) is 14.7 Å². The average Bonchev–Trinajstić information content (AvgIpc) is 2.92. The monoisotopic (exact) mass is 572 g/mol. The molecule has 3 N–H and O–H groups in total. The van der Waals surface area contributed by atoms with Crippen molar-refractivity contribution in [1.82, 2.24) is 15.2 Å². The van der Waals surface area contributed by atoms with Crippen LogP contribution in [0, 0.1) is 0 Å². The Morgan fingerprint density at radius 3 is 2.56 bits per heavy atom. The molecular formula is C29H34Cl2N4O4. The number of carbonyl (C=O) groups excluding carboxylic acids is 1. The summed E-state index contributed by atoms with van der Waals surface area (Å²) in [4.78, 5) is 20.8. The quantitative estimate of drug-likeness (QED) is 0.333. The Labute approximate surface area is 239 Å². The number of aliphatic hydroxyl groups excluding tert-OH is 1. The summed E-state index contributed by atoms with van der Waals surface area (Å²) in [6, 6.07) is 16.7. The van der Waals surface area contributed by atoms with Crippen LogP contribution < -0.4 is 15.0 Å². The SMILES string of the molecule is CCNC(=O)c1ccc([C@](C)(O)CN2CCN(c3ccc(OCCO)cc3Cl)[C@H](c3ccc(Cl)cc3)C2)cn1. The van der Waals surface area contributed by atoms with Gasteiger partial charge in [0, 0.05) is 55.6 Å². The number of β-amino-alcohol motifs (C(OH)–C–C–N with tert-alkyl or cyclic N) is 1. The van der Waals surface area contributed by atoms with E-state index < -0.39 is 5.60 Å². The van der Waals surface area contributed by atoms with Gasteiger partial charge in [0.2, 0.25) is 0 Å². The lowest BCUT2D eigenvalue weighted by Gasteiger charge is -2.45. The summed E-state index contributed by atoms with van der Waals surface area (Å²) in [6.07, 6.45) is 1.57. The molecule has 1 aromatic heterocycles. The van der Waals surface area contributed by atoms with E-state index >= 15 is 0 Å². The first kappa shape index (κ1) is 29.1. The van der Waals surface area contributed by atoms with Crippen LogP contribution in [0.3, 0.4) is 0 Å². The molecule has 2 heterocycles. The first-order chi connectivity index (χ1) is 18.7. The average molecular weight is 574 g/mol. The van der Waals surface area contributed by atoms with Gasteiger partial charge in [0.25, 0.3) is 5.91 Å². The van der Waals surface area contributed by atoms with Gasteiger partial charge < -0.3 is 25.2 Å². The second kappa shape index (κ2) is 13.0. The maximum atomic E-state index is 12.1. The predicted molar refractivity (Wildman–Crippen MR) is 154 cm³/mol. The number of ether oxygens (including phenoxy) is 1. The minimum atomic E-state index is -1.18. The second-order valence-electron chi connectivity index (χ2n) is 9.75. The molecular weight excluding hydrogens is 539 g/mol. The van der Waals surface area contributed by atoms with Gasteiger partial charge in [-0.15, -0.1) is 0 Å². The van der Waals surface area contributed by atoms with E-state index in [1.165, 1.54) is 0 Å². The van der Waals surface area contributed by atoms with Crippen molar-refractivity contribution in [2.24, 2.45) is 0 Å². The highest BCUT2D eigenvalue weighted by Crippen LogP contribution is 2.38. The predicted octanol–water partition coefficient (Wildman–Crippen LogP) is 4.28. The fraction of sp³-hybridized carbons (Fsp3) is 0.379. The number of amides is 1. The number of carbonyl (C=O) groups is 1. The van der Waals surface area contributed by atoms with Gasteiger partial charge >= 0.3 is 0 Å². The molecule has 0 bridgehead atoms. The molecule has 1 saturated heterocycles. The normalized spacial score (nSPS) is 17.5. The molecule has 39 heavy (non-hydrogen) atoms. The van der Waals surface area contributed by atoms with E-state index in [1.54, 1.807) is 31.3 Å². The Morgan fingerprint density at radius 1 is 1.15 bits per heavy atom. The van der Waals surface area contributed by atoms with Gasteiger partial charge in [0.1, 0.15) is 23.7 Å². The summed E-state index contributed by atoms with van der Waals surface area (Å²) in [5.74, 6) is 0.361. The molecule has 1 amide bonds. The largest absolute Gasteiger partial charge is 0.491 e. The van der Waals surface area contributed by atoms with E-state index in [-0.39, 0.29) is 25.2 Å². The molecule has 4 rings (SSSR count). The maximum absolute atomic E-state index is 12.1. The lowest BCUT2D eigenvalue weighted by atomic mass is 9.94. The van der Waals surface area contributed by atoms with Crippen molar-refractivity contribution in [3.05, 3.63) is 87.7 Å². The molecule has 0 saturated carbocycles. The van der Waals surface area contributed by atoms with Crippen molar-refractivity contribution in [1.29, 1.82) is 0 Å². The highest BCUT2D eigenvalue weighted by atomic mass is 35.5. The van der Waals surface area contributed by atoms with Crippen molar-refractivity contribution in [3.8, 4) is 5.75 Å². The minimum absolute atomic E-state index is 0.0493. The summed E-state index contributed by atoms with van der Waals surface area (Å²) in [5, 5.41) is 24.4. The van der Waals surface area contributed by atoms with Crippen LogP contribution in [0.5, 0.6) is 5.75 Å². The molecule has 8 nitrogen and oxygen atoms in total. The van der Waals surface area contributed by atoms with Crippen LogP contribution >= 0.6 is 23.2 Å². The molecule has 3 aromatic rings. The number of pyridine rings is 1. The number of nitrogens with zero attached hydrogens (tertiary/aromatic N) is 3. The van der Waals surface area contributed by atoms with Crippen molar-refractivity contribution >= 4 is 34.8 Å². The highest BCUT2D eigenvalue weighted by molar-refractivity contribution is 6.33. The highest BCUT2D eigenvalue weighted by Gasteiger charge is 2.34. The van der Waals surface area contributed by atoms with Crippen LogP contribution in [0.4, 0.5) is 5.69 Å². The fourth-order valence-electron chi connectivity index (χ4n) is 4.84. The van der Waals surface area contributed by atoms with Crippen LogP contribution in [0.2, 0.25) is 10.0 Å². The second-order valence-corrected chi connectivity index (χ2v) is 10.6. The molecule has 0 aliphatic carbocycles. The zero-order valence-corrected chi connectivity index (χ0v) is 23.6. The smallest absolute Gasteiger partial charge is 0.269 e. The zero-order valence-electron chi connectivity index (χ0n) is 22.1. The first-order valence-corrected chi connectivity index (χ1v) is 13.7. The number of benzene rings is 2. The Balaban J connectivity index is 1.54. The summed E-state index contributed by atoms with van der Waals surface area (Å²) >= 11 is 12.9. The molecule has 2 atom stereocenters. The number of anilines is 1. The standard InChI is InChI=1S/C29H34Cl2N4O4/c1-3-32-28(37)25-10-6-21(17-33-25)29(2,38)19-34-12-13-35(27(18-34)20-4-7-22(30)8-5-20)26-11-9-23(16-24(26)31)39-15-14-36/h4-11,16-17,27,36,38H,3,12-15,18-19H2,1-2H3,(H,32,37)/t27-,29+/m0/s1. The van der Waals surface area contributed by atoms with Crippen LogP contribution in [0.15, 0.2) is 60.8 Å². The number of nitrogens with one attached hydrogen (secondary N) is 1. The number of aliphatic hydroxyl groups is 2. The molecule has 0 unspecified atom stereocenters. The topological polar surface area (TPSA) is 98.2 Å². The molecule has 2 aromatic carbocycles. The molecule has 10 heteroatoms. The summed E-state index contributed by atoms with van der Waals surface area (Å²) in [7, 11) is 0. The number of rotatable bonds is 10. The summed E-state index contributed by atoms with van der Waals surface area (Å²) < 4.78 is 5.52. The van der Waals surface area contributed by atoms with Crippen LogP contribution in [0.1, 0.15) is 41.5 Å². The minimum Gasteiger partial charge on any atom is -0.491 e. The van der Waals surface area contributed by atoms with Gasteiger partial charge in [-0.05, 0) is 49.7 Å². The van der Waals surface area contributed by atoms with Crippen LogP contribution in [0.25, 0.3) is 0 Å². The third-order valence-corrected chi connectivity index (χ3v) is 7.35. The van der Waals surface area contributed by atoms with Gasteiger partial charge in [0.15, 0.2) is 0 Å². The lowest BCUT2D eigenvalue weighted by molar-refractivity contribution is 0.00998. The van der Waals surface area contributed by atoms with E-state index in [2.05, 4.69) is 20.1 Å². The van der Waals surface area contributed by atoms with E-state index in [9.17, 15) is 9.90 Å². The fourth-order valence-corrected chi connectivity index (χ4v) is 5.25. The maximum Gasteiger partial charge on any atom is 0.269 e. The number of halogens is 2.